The molecule has 0 bridgehead atoms. The van der Waals surface area contributed by atoms with Crippen LogP contribution in [-0.4, -0.2) is 19.5 Å². The van der Waals surface area contributed by atoms with Crippen molar-refractivity contribution in [3.8, 4) is 0 Å². The van der Waals surface area contributed by atoms with Crippen molar-refractivity contribution in [1.29, 1.82) is 0 Å². The van der Waals surface area contributed by atoms with Gasteiger partial charge in [0.2, 0.25) is 0 Å². The molecule has 1 aromatic heterocycles. The molecule has 0 unspecified atom stereocenters. The molecular weight excluding hydrogens is 380 g/mol. The van der Waals surface area contributed by atoms with Gasteiger partial charge in [-0.1, -0.05) is 11.2 Å². The van der Waals surface area contributed by atoms with E-state index in [1.807, 2.05) is 0 Å². The Morgan fingerprint density at radius 1 is 1.11 bits per heavy atom. The molecule has 0 aliphatic carbocycles. The third-order valence-electron chi connectivity index (χ3n) is 3.55. The van der Waals surface area contributed by atoms with Crippen molar-refractivity contribution in [3.63, 3.8) is 0 Å². The van der Waals surface area contributed by atoms with Crippen molar-refractivity contribution in [3.05, 3.63) is 71.6 Å². The van der Waals surface area contributed by atoms with Gasteiger partial charge in [0.1, 0.15) is 27.9 Å². The zero-order valence-corrected chi connectivity index (χ0v) is 14.7. The number of carbonyl (C=O) groups is 1. The fraction of sp³-hybridized carbons (Fsp3) is 0.0588. The summed E-state index contributed by atoms with van der Waals surface area (Å²) >= 11 is 0. The average Bonchev–Trinajstić information content (AvgIpc) is 3.03. The van der Waals surface area contributed by atoms with Crippen molar-refractivity contribution < 1.29 is 26.5 Å². The molecule has 0 saturated heterocycles. The van der Waals surface area contributed by atoms with E-state index < -0.39 is 32.5 Å². The lowest BCUT2D eigenvalue weighted by molar-refractivity contribution is 0.102. The molecule has 0 fully saturated rings. The van der Waals surface area contributed by atoms with Gasteiger partial charge in [-0.15, -0.1) is 0 Å². The molecule has 0 radical (unpaired) electrons. The number of anilines is 2. The van der Waals surface area contributed by atoms with Gasteiger partial charge in [0.25, 0.3) is 15.9 Å². The topological polar surface area (TPSA) is 101 Å². The van der Waals surface area contributed by atoms with E-state index in [1.165, 1.54) is 30.5 Å². The Morgan fingerprint density at radius 3 is 2.56 bits per heavy atom. The Balaban J connectivity index is 1.82. The maximum atomic E-state index is 13.8. The largest absolute Gasteiger partial charge is 0.361 e. The number of carbonyl (C=O) groups excluding carboxylic acids is 1. The Kier molecular flexibility index (Phi) is 4.91. The number of aromatic nitrogens is 1. The maximum Gasteiger partial charge on any atom is 0.264 e. The fourth-order valence-electron chi connectivity index (χ4n) is 2.27. The van der Waals surface area contributed by atoms with Crippen LogP contribution in [0.4, 0.5) is 20.2 Å². The van der Waals surface area contributed by atoms with Gasteiger partial charge in [-0.3, -0.25) is 9.52 Å². The van der Waals surface area contributed by atoms with Crippen molar-refractivity contribution in [2.45, 2.75) is 11.8 Å². The van der Waals surface area contributed by atoms with E-state index in [0.29, 0.717) is 11.8 Å². The second kappa shape index (κ2) is 7.16. The third kappa shape index (κ3) is 4.11. The van der Waals surface area contributed by atoms with Gasteiger partial charge in [-0.2, -0.15) is 0 Å². The normalized spacial score (nSPS) is 11.2. The van der Waals surface area contributed by atoms with Crippen LogP contribution in [0.25, 0.3) is 0 Å². The van der Waals surface area contributed by atoms with Gasteiger partial charge in [0.15, 0.2) is 0 Å². The highest BCUT2D eigenvalue weighted by atomic mass is 32.2. The number of amides is 1. The summed E-state index contributed by atoms with van der Waals surface area (Å²) in [6, 6.07) is 7.86. The van der Waals surface area contributed by atoms with Crippen LogP contribution in [0.5, 0.6) is 0 Å². The van der Waals surface area contributed by atoms with E-state index in [0.717, 1.165) is 12.1 Å². The number of nitrogens with zero attached hydrogens (tertiary/aromatic N) is 1. The zero-order chi connectivity index (χ0) is 19.6. The molecule has 140 valence electrons. The van der Waals surface area contributed by atoms with E-state index in [-0.39, 0.29) is 16.9 Å². The molecule has 7 nitrogen and oxygen atoms in total. The lowest BCUT2D eigenvalue weighted by Gasteiger charge is -2.11. The van der Waals surface area contributed by atoms with Crippen LogP contribution < -0.4 is 10.0 Å². The zero-order valence-electron chi connectivity index (χ0n) is 13.9. The highest BCUT2D eigenvalue weighted by molar-refractivity contribution is 7.92. The summed E-state index contributed by atoms with van der Waals surface area (Å²) in [6.45, 7) is 1.57. The predicted octanol–water partition coefficient (Wildman–Crippen LogP) is 3.31. The Labute approximate surface area is 153 Å². The molecule has 0 aliphatic heterocycles. The summed E-state index contributed by atoms with van der Waals surface area (Å²) < 4.78 is 58.6. The van der Waals surface area contributed by atoms with Crippen LogP contribution in [0, 0.1) is 18.6 Å². The maximum absolute atomic E-state index is 13.8. The Hall–Kier alpha value is -3.27. The second-order valence-electron chi connectivity index (χ2n) is 5.51. The van der Waals surface area contributed by atoms with Gasteiger partial charge in [-0.05, 0) is 43.3 Å². The first kappa shape index (κ1) is 18.5. The summed E-state index contributed by atoms with van der Waals surface area (Å²) in [5.41, 5.74) is 0.557. The van der Waals surface area contributed by atoms with Crippen LogP contribution in [0.1, 0.15) is 16.1 Å². The number of hydrogen-bond donors (Lipinski definition) is 2. The summed E-state index contributed by atoms with van der Waals surface area (Å²) in [5.74, 6) is -2.14. The molecule has 2 N–H and O–H groups in total. The highest BCUT2D eigenvalue weighted by Gasteiger charge is 2.20. The van der Waals surface area contributed by atoms with Crippen LogP contribution in [0.3, 0.4) is 0 Å². The summed E-state index contributed by atoms with van der Waals surface area (Å²) in [4.78, 5) is 11.3. The molecule has 0 aliphatic rings. The van der Waals surface area contributed by atoms with Crippen LogP contribution in [0.15, 0.2) is 58.1 Å². The van der Waals surface area contributed by atoms with Gasteiger partial charge in [0.05, 0.1) is 11.9 Å². The van der Waals surface area contributed by atoms with Gasteiger partial charge in [0, 0.05) is 5.69 Å². The first-order valence-electron chi connectivity index (χ1n) is 7.57. The van der Waals surface area contributed by atoms with Crippen molar-refractivity contribution in [2.75, 3.05) is 10.0 Å². The molecular formula is C17H13F2N3O4S. The first-order valence-corrected chi connectivity index (χ1v) is 9.05. The van der Waals surface area contributed by atoms with Crippen molar-refractivity contribution in [1.82, 2.24) is 5.16 Å². The third-order valence-corrected chi connectivity index (χ3v) is 4.95. The number of aryl methyl sites for hydroxylation is 1. The first-order chi connectivity index (χ1) is 12.8. The van der Waals surface area contributed by atoms with Gasteiger partial charge < -0.3 is 9.84 Å². The van der Waals surface area contributed by atoms with E-state index in [1.54, 1.807) is 6.92 Å². The molecule has 27 heavy (non-hydrogen) atoms. The standard InChI is InChI=1S/C17H13F2N3O4S/c1-10-14(9-20-26-10)17(23)21-12-3-2-4-13(8-12)22-27(24,25)16-7-11(18)5-6-15(16)19/h2-9,22H,1H3,(H,21,23). The minimum atomic E-state index is -4.36. The molecule has 0 saturated carbocycles. The molecule has 1 amide bonds. The summed E-state index contributed by atoms with van der Waals surface area (Å²) in [7, 11) is -4.36. The number of nitrogens with one attached hydrogen (secondary N) is 2. The van der Waals surface area contributed by atoms with Crippen molar-refractivity contribution >= 4 is 27.3 Å². The highest BCUT2D eigenvalue weighted by Crippen LogP contribution is 2.22. The number of halogens is 2. The predicted molar refractivity (Wildman–Crippen MR) is 92.8 cm³/mol. The second-order valence-corrected chi connectivity index (χ2v) is 7.16. The lowest BCUT2D eigenvalue weighted by atomic mass is 10.2. The average molecular weight is 393 g/mol. The molecule has 3 aromatic rings. The minimum Gasteiger partial charge on any atom is -0.361 e. The van der Waals surface area contributed by atoms with Crippen LogP contribution in [0.2, 0.25) is 0 Å². The number of hydrogen-bond acceptors (Lipinski definition) is 5. The smallest absolute Gasteiger partial charge is 0.264 e. The molecule has 2 aromatic carbocycles. The van der Waals surface area contributed by atoms with Crippen LogP contribution >= 0.6 is 0 Å². The number of benzene rings is 2. The molecule has 0 atom stereocenters. The van der Waals surface area contributed by atoms with Crippen molar-refractivity contribution in [2.24, 2.45) is 0 Å². The molecule has 0 spiro atoms. The monoisotopic (exact) mass is 393 g/mol. The van der Waals surface area contributed by atoms with E-state index in [4.69, 9.17) is 4.52 Å². The molecule has 10 heteroatoms. The van der Waals surface area contributed by atoms with Gasteiger partial charge in [-0.25, -0.2) is 17.2 Å². The SMILES string of the molecule is Cc1oncc1C(=O)Nc1cccc(NS(=O)(=O)c2cc(F)ccc2F)c1. The summed E-state index contributed by atoms with van der Waals surface area (Å²) in [5, 5.41) is 6.07. The van der Waals surface area contributed by atoms with Gasteiger partial charge >= 0.3 is 0 Å². The molecule has 3 rings (SSSR count). The fourth-order valence-corrected chi connectivity index (χ4v) is 3.41. The Bertz CT molecular complexity index is 1110. The molecule has 1 heterocycles. The Morgan fingerprint density at radius 2 is 1.85 bits per heavy atom. The summed E-state index contributed by atoms with van der Waals surface area (Å²) in [6.07, 6.45) is 1.25. The van der Waals surface area contributed by atoms with Crippen LogP contribution in [-0.2, 0) is 10.0 Å². The minimum absolute atomic E-state index is 0.0542. The van der Waals surface area contributed by atoms with E-state index in [2.05, 4.69) is 15.2 Å². The number of rotatable bonds is 5. The van der Waals surface area contributed by atoms with E-state index >= 15 is 0 Å². The lowest BCUT2D eigenvalue weighted by Crippen LogP contribution is -2.16. The number of sulfonamides is 1. The van der Waals surface area contributed by atoms with E-state index in [9.17, 15) is 22.0 Å². The quantitative estimate of drug-likeness (QED) is 0.693.